The zero-order valence-corrected chi connectivity index (χ0v) is 25.9. The Hall–Kier alpha value is -5.87. The van der Waals surface area contributed by atoms with Crippen molar-refractivity contribution in [2.75, 3.05) is 0 Å². The smallest absolute Gasteiger partial charge is 0.309 e. The van der Waals surface area contributed by atoms with Crippen LogP contribution >= 0.6 is 0 Å². The van der Waals surface area contributed by atoms with Gasteiger partial charge in [0, 0.05) is 58.3 Å². The highest BCUT2D eigenvalue weighted by Gasteiger charge is 2.36. The minimum absolute atomic E-state index is 0.0366. The maximum atomic E-state index is 2.45. The fourth-order valence-corrected chi connectivity index (χ4v) is 7.31. The molecule has 0 N–H and O–H groups in total. The Balaban J connectivity index is 1.21. The molecule has 0 unspecified atom stereocenters. The van der Waals surface area contributed by atoms with Crippen LogP contribution in [0.2, 0.25) is 0 Å². The molecule has 0 radical (unpaired) electrons. The van der Waals surface area contributed by atoms with Crippen molar-refractivity contribution in [1.82, 2.24) is 4.57 Å². The number of rotatable bonds is 4. The second-order valence-corrected chi connectivity index (χ2v) is 12.7. The highest BCUT2D eigenvalue weighted by Crippen LogP contribution is 2.50. The van der Waals surface area contributed by atoms with Crippen LogP contribution < -0.4 is 13.7 Å². The van der Waals surface area contributed by atoms with Crippen molar-refractivity contribution in [1.29, 1.82) is 0 Å². The maximum Gasteiger partial charge on any atom is 0.428 e. The standard InChI is InChI=1S/C42H33N4/c1-42(2)38-19-11-9-17-34(38)36-26-41-37(25-39(36)42)35-18-10-12-20-40(35)46(41)33-23-21-32(22-24-33)45-28-43(30-13-5-3-6-14-30)27-44(29-45)31-15-7-4-8-16-31/h3-29H,1-2H3/q+3. The number of nitrogens with zero attached hydrogens (tertiary/aromatic N) is 4. The molecule has 4 nitrogen and oxygen atoms in total. The van der Waals surface area contributed by atoms with Crippen LogP contribution in [0.25, 0.3) is 55.7 Å². The molecule has 0 aliphatic heterocycles. The SMILES string of the molecule is CC1(C)c2ccccc2-c2cc3c(cc21)c1ccccc1n3-c1ccc(-[n+]2c[n+](-c3ccccc3)c[n+](-c3ccccc3)c2)cc1. The minimum Gasteiger partial charge on any atom is -0.309 e. The van der Waals surface area contributed by atoms with Crippen LogP contribution in [0.4, 0.5) is 0 Å². The molecule has 9 rings (SSSR count). The average molecular weight is 594 g/mol. The molecule has 218 valence electrons. The summed E-state index contributed by atoms with van der Waals surface area (Å²) in [5.74, 6) is 0. The van der Waals surface area contributed by atoms with E-state index < -0.39 is 0 Å². The summed E-state index contributed by atoms with van der Waals surface area (Å²) >= 11 is 0. The molecule has 0 saturated heterocycles. The molecule has 0 bridgehead atoms. The Kier molecular flexibility index (Phi) is 5.81. The molecule has 0 fully saturated rings. The minimum atomic E-state index is -0.0366. The summed E-state index contributed by atoms with van der Waals surface area (Å²) in [5, 5.41) is 2.57. The molecule has 6 aromatic carbocycles. The molecule has 0 saturated carbocycles. The first-order valence-corrected chi connectivity index (χ1v) is 15.8. The lowest BCUT2D eigenvalue weighted by atomic mass is 9.82. The molecule has 46 heavy (non-hydrogen) atoms. The molecular weight excluding hydrogens is 560 g/mol. The van der Waals surface area contributed by atoms with Gasteiger partial charge in [-0.15, -0.1) is 0 Å². The monoisotopic (exact) mass is 593 g/mol. The predicted molar refractivity (Wildman–Crippen MR) is 183 cm³/mol. The van der Waals surface area contributed by atoms with Crippen LogP contribution in [0.5, 0.6) is 0 Å². The zero-order valence-electron chi connectivity index (χ0n) is 25.9. The lowest BCUT2D eigenvalue weighted by Crippen LogP contribution is -2.55. The van der Waals surface area contributed by atoms with Gasteiger partial charge in [-0.1, -0.05) is 106 Å². The largest absolute Gasteiger partial charge is 0.428 e. The van der Waals surface area contributed by atoms with Crippen LogP contribution in [-0.2, 0) is 5.41 Å². The van der Waals surface area contributed by atoms with Gasteiger partial charge in [-0.05, 0) is 52.6 Å². The summed E-state index contributed by atoms with van der Waals surface area (Å²) in [6, 6.07) is 52.3. The quantitative estimate of drug-likeness (QED) is 0.184. The van der Waals surface area contributed by atoms with Gasteiger partial charge < -0.3 is 4.57 Å². The van der Waals surface area contributed by atoms with Gasteiger partial charge >= 0.3 is 19.0 Å². The molecule has 0 amide bonds. The summed E-state index contributed by atoms with van der Waals surface area (Å²) in [7, 11) is 0. The van der Waals surface area contributed by atoms with E-state index in [9.17, 15) is 0 Å². The average Bonchev–Trinajstić information content (AvgIpc) is 3.56. The topological polar surface area (TPSA) is 16.6 Å². The highest BCUT2D eigenvalue weighted by molar-refractivity contribution is 6.11. The van der Waals surface area contributed by atoms with E-state index in [2.05, 4.69) is 185 Å². The third-order valence-electron chi connectivity index (χ3n) is 9.64. The number of benzene rings is 6. The van der Waals surface area contributed by atoms with Crippen LogP contribution in [-0.4, -0.2) is 4.57 Å². The Labute approximate surface area is 268 Å². The van der Waals surface area contributed by atoms with Crippen LogP contribution in [0.1, 0.15) is 25.0 Å². The molecule has 2 aromatic heterocycles. The van der Waals surface area contributed by atoms with E-state index in [1.54, 1.807) is 0 Å². The third kappa shape index (κ3) is 4.04. The number of para-hydroxylation sites is 3. The summed E-state index contributed by atoms with van der Waals surface area (Å²) < 4.78 is 8.93. The van der Waals surface area contributed by atoms with Gasteiger partial charge in [-0.3, -0.25) is 0 Å². The molecule has 2 heterocycles. The van der Waals surface area contributed by atoms with E-state index >= 15 is 0 Å². The third-order valence-corrected chi connectivity index (χ3v) is 9.64. The van der Waals surface area contributed by atoms with Crippen molar-refractivity contribution in [3.05, 3.63) is 176 Å². The molecule has 0 spiro atoms. The van der Waals surface area contributed by atoms with Crippen molar-refractivity contribution < 1.29 is 13.7 Å². The lowest BCUT2D eigenvalue weighted by molar-refractivity contribution is -0.858. The van der Waals surface area contributed by atoms with Crippen LogP contribution in [0.3, 0.4) is 0 Å². The molecular formula is C42H33N4+3. The molecule has 1 aliphatic rings. The van der Waals surface area contributed by atoms with Gasteiger partial charge in [0.15, 0.2) is 0 Å². The summed E-state index contributed by atoms with van der Waals surface area (Å²) in [6.45, 7) is 4.71. The second-order valence-electron chi connectivity index (χ2n) is 12.7. The lowest BCUT2D eigenvalue weighted by Gasteiger charge is -2.21. The molecule has 1 aliphatic carbocycles. The van der Waals surface area contributed by atoms with Gasteiger partial charge in [0.2, 0.25) is 17.1 Å². The zero-order chi connectivity index (χ0) is 30.8. The summed E-state index contributed by atoms with van der Waals surface area (Å²) in [4.78, 5) is 0. The first-order valence-electron chi connectivity index (χ1n) is 15.8. The van der Waals surface area contributed by atoms with Gasteiger partial charge in [-0.25, -0.2) is 0 Å². The van der Waals surface area contributed by atoms with Crippen molar-refractivity contribution in [3.8, 4) is 33.9 Å². The van der Waals surface area contributed by atoms with Crippen LogP contribution in [0, 0.1) is 0 Å². The number of hydrogen-bond donors (Lipinski definition) is 0. The number of hydrogen-bond acceptors (Lipinski definition) is 0. The first kappa shape index (κ1) is 26.5. The van der Waals surface area contributed by atoms with Crippen LogP contribution in [0.15, 0.2) is 165 Å². The van der Waals surface area contributed by atoms with E-state index in [1.165, 1.54) is 44.1 Å². The molecule has 0 atom stereocenters. The van der Waals surface area contributed by atoms with Crippen molar-refractivity contribution in [2.24, 2.45) is 0 Å². The fourth-order valence-electron chi connectivity index (χ4n) is 7.31. The second kappa shape index (κ2) is 10.1. The summed E-state index contributed by atoms with van der Waals surface area (Å²) in [5.41, 5.74) is 12.3. The number of fused-ring (bicyclic) bond motifs is 6. The van der Waals surface area contributed by atoms with E-state index in [-0.39, 0.29) is 5.41 Å². The van der Waals surface area contributed by atoms with Crippen molar-refractivity contribution in [2.45, 2.75) is 19.3 Å². The fraction of sp³-hybridized carbons (Fsp3) is 0.0714. The van der Waals surface area contributed by atoms with Gasteiger partial charge in [0.05, 0.1) is 11.0 Å². The maximum absolute atomic E-state index is 2.45. The Morgan fingerprint density at radius 3 is 1.63 bits per heavy atom. The van der Waals surface area contributed by atoms with Gasteiger partial charge in [-0.2, -0.15) is 0 Å². The van der Waals surface area contributed by atoms with E-state index in [4.69, 9.17) is 0 Å². The van der Waals surface area contributed by atoms with E-state index in [1.807, 2.05) is 12.1 Å². The molecule has 8 aromatic rings. The normalized spacial score (nSPS) is 13.2. The van der Waals surface area contributed by atoms with Crippen molar-refractivity contribution in [3.63, 3.8) is 0 Å². The van der Waals surface area contributed by atoms with Crippen molar-refractivity contribution >= 4 is 21.8 Å². The molecule has 4 heteroatoms. The predicted octanol–water partition coefficient (Wildman–Crippen LogP) is 7.92. The Bertz CT molecular complexity index is 2360. The number of aromatic nitrogens is 4. The van der Waals surface area contributed by atoms with Gasteiger partial charge in [0.25, 0.3) is 0 Å². The van der Waals surface area contributed by atoms with E-state index in [0.717, 1.165) is 22.7 Å². The Morgan fingerprint density at radius 1 is 0.435 bits per heavy atom. The Morgan fingerprint density at radius 2 is 0.978 bits per heavy atom. The highest BCUT2D eigenvalue weighted by atomic mass is 15.2. The first-order chi connectivity index (χ1) is 22.6. The van der Waals surface area contributed by atoms with E-state index in [0.29, 0.717) is 0 Å². The summed E-state index contributed by atoms with van der Waals surface area (Å²) in [6.07, 6.45) is 6.38. The van der Waals surface area contributed by atoms with Gasteiger partial charge in [0.1, 0.15) is 0 Å².